The molecular formula is C20H23ClN2O4S. The number of nitrogens with one attached hydrogen (secondary N) is 1. The lowest BCUT2D eigenvalue weighted by molar-refractivity contribution is -0.122. The van der Waals surface area contributed by atoms with Gasteiger partial charge in [0.15, 0.2) is 6.10 Å². The van der Waals surface area contributed by atoms with Crippen LogP contribution >= 0.6 is 11.6 Å². The molecule has 1 saturated heterocycles. The van der Waals surface area contributed by atoms with E-state index in [-0.39, 0.29) is 10.8 Å². The number of nitrogens with zero attached hydrogens (tertiary/aromatic N) is 1. The summed E-state index contributed by atoms with van der Waals surface area (Å²) in [7, 11) is -3.46. The van der Waals surface area contributed by atoms with Gasteiger partial charge in [-0.3, -0.25) is 4.79 Å². The molecule has 0 unspecified atom stereocenters. The Hall–Kier alpha value is -2.09. The standard InChI is InChI=1S/C20H23ClN2O4S/c1-2-19(27-17-9-5-15(21)6-10-17)20(24)22-16-7-11-18(12-8-16)28(25,26)23-13-3-4-14-23/h5-12,19H,2-4,13-14H2,1H3,(H,22,24)/t19-/m1/s1. The molecule has 8 heteroatoms. The SMILES string of the molecule is CC[C@@H](Oc1ccc(Cl)cc1)C(=O)Nc1ccc(S(=O)(=O)N2CCCC2)cc1. The molecule has 0 radical (unpaired) electrons. The number of sulfonamides is 1. The molecule has 28 heavy (non-hydrogen) atoms. The van der Waals surface area contributed by atoms with E-state index in [2.05, 4.69) is 5.32 Å². The van der Waals surface area contributed by atoms with Crippen LogP contribution in [0.4, 0.5) is 5.69 Å². The first kappa shape index (κ1) is 20.6. The van der Waals surface area contributed by atoms with Crippen molar-refractivity contribution in [3.8, 4) is 5.75 Å². The first-order valence-corrected chi connectivity index (χ1v) is 11.1. The lowest BCUT2D eigenvalue weighted by atomic mass is 10.2. The Morgan fingerprint density at radius 3 is 2.29 bits per heavy atom. The van der Waals surface area contributed by atoms with Crippen LogP contribution in [0.3, 0.4) is 0 Å². The second-order valence-electron chi connectivity index (χ2n) is 6.59. The van der Waals surface area contributed by atoms with Crippen molar-refractivity contribution in [2.75, 3.05) is 18.4 Å². The van der Waals surface area contributed by atoms with Crippen LogP contribution < -0.4 is 10.1 Å². The van der Waals surface area contributed by atoms with Crippen molar-refractivity contribution >= 4 is 33.2 Å². The number of carbonyl (C=O) groups is 1. The van der Waals surface area contributed by atoms with Crippen molar-refractivity contribution < 1.29 is 17.9 Å². The number of benzene rings is 2. The van der Waals surface area contributed by atoms with E-state index in [1.54, 1.807) is 36.4 Å². The highest BCUT2D eigenvalue weighted by atomic mass is 35.5. The minimum absolute atomic E-state index is 0.233. The largest absolute Gasteiger partial charge is 0.481 e. The third-order valence-electron chi connectivity index (χ3n) is 4.58. The van der Waals surface area contributed by atoms with Crippen molar-refractivity contribution in [2.24, 2.45) is 0 Å². The molecule has 6 nitrogen and oxygen atoms in total. The molecule has 1 fully saturated rings. The Balaban J connectivity index is 1.65. The molecule has 0 saturated carbocycles. The van der Waals surface area contributed by atoms with Gasteiger partial charge in [-0.15, -0.1) is 0 Å². The fourth-order valence-electron chi connectivity index (χ4n) is 3.01. The Kier molecular flexibility index (Phi) is 6.59. The van der Waals surface area contributed by atoms with Crippen LogP contribution in [-0.2, 0) is 14.8 Å². The summed E-state index contributed by atoms with van der Waals surface area (Å²) in [6.07, 6.45) is 1.59. The summed E-state index contributed by atoms with van der Waals surface area (Å²) in [5.74, 6) is 0.256. The zero-order valence-corrected chi connectivity index (χ0v) is 17.2. The fourth-order valence-corrected chi connectivity index (χ4v) is 4.65. The minimum atomic E-state index is -3.46. The second kappa shape index (κ2) is 8.94. The van der Waals surface area contributed by atoms with Gasteiger partial charge in [-0.05, 0) is 67.8 Å². The van der Waals surface area contributed by atoms with Crippen molar-refractivity contribution in [2.45, 2.75) is 37.2 Å². The lowest BCUT2D eigenvalue weighted by Gasteiger charge is -2.18. The van der Waals surface area contributed by atoms with Gasteiger partial charge in [-0.25, -0.2) is 8.42 Å². The minimum Gasteiger partial charge on any atom is -0.481 e. The molecule has 1 aliphatic rings. The average molecular weight is 423 g/mol. The molecule has 1 N–H and O–H groups in total. The molecule has 0 spiro atoms. The molecule has 1 atom stereocenters. The van der Waals surface area contributed by atoms with Crippen molar-refractivity contribution in [3.05, 3.63) is 53.6 Å². The van der Waals surface area contributed by atoms with Gasteiger partial charge in [0, 0.05) is 23.8 Å². The van der Waals surface area contributed by atoms with E-state index < -0.39 is 16.1 Å². The Morgan fingerprint density at radius 2 is 1.71 bits per heavy atom. The molecule has 1 amide bonds. The van der Waals surface area contributed by atoms with Gasteiger partial charge in [-0.1, -0.05) is 18.5 Å². The maximum Gasteiger partial charge on any atom is 0.265 e. The summed E-state index contributed by atoms with van der Waals surface area (Å²) in [6.45, 7) is 2.97. The summed E-state index contributed by atoms with van der Waals surface area (Å²) in [5.41, 5.74) is 0.517. The molecule has 1 aliphatic heterocycles. The van der Waals surface area contributed by atoms with Crippen LogP contribution in [0, 0.1) is 0 Å². The summed E-state index contributed by atoms with van der Waals surface area (Å²) in [6, 6.07) is 13.0. The zero-order valence-electron chi connectivity index (χ0n) is 15.6. The van der Waals surface area contributed by atoms with Crippen LogP contribution in [0.5, 0.6) is 5.75 Å². The number of hydrogen-bond donors (Lipinski definition) is 1. The maximum atomic E-state index is 12.6. The van der Waals surface area contributed by atoms with Crippen molar-refractivity contribution in [3.63, 3.8) is 0 Å². The van der Waals surface area contributed by atoms with Crippen LogP contribution in [0.15, 0.2) is 53.4 Å². The number of anilines is 1. The lowest BCUT2D eigenvalue weighted by Crippen LogP contribution is -2.32. The van der Waals surface area contributed by atoms with Crippen LogP contribution in [0.25, 0.3) is 0 Å². The molecule has 150 valence electrons. The van der Waals surface area contributed by atoms with Gasteiger partial charge in [0.1, 0.15) is 5.75 Å². The van der Waals surface area contributed by atoms with E-state index in [0.29, 0.717) is 36.0 Å². The van der Waals surface area contributed by atoms with E-state index >= 15 is 0 Å². The average Bonchev–Trinajstić information content (AvgIpc) is 3.23. The summed E-state index contributed by atoms with van der Waals surface area (Å²) in [4.78, 5) is 12.8. The Morgan fingerprint density at radius 1 is 1.11 bits per heavy atom. The predicted octanol–water partition coefficient (Wildman–Crippen LogP) is 3.92. The van der Waals surface area contributed by atoms with Gasteiger partial charge < -0.3 is 10.1 Å². The smallest absolute Gasteiger partial charge is 0.265 e. The van der Waals surface area contributed by atoms with Gasteiger partial charge in [0.25, 0.3) is 5.91 Å². The first-order chi connectivity index (χ1) is 13.4. The van der Waals surface area contributed by atoms with Gasteiger partial charge in [-0.2, -0.15) is 4.31 Å². The van der Waals surface area contributed by atoms with E-state index in [9.17, 15) is 13.2 Å². The van der Waals surface area contributed by atoms with Gasteiger partial charge in [0.05, 0.1) is 4.90 Å². The molecule has 0 aromatic heterocycles. The first-order valence-electron chi connectivity index (χ1n) is 9.23. The highest BCUT2D eigenvalue weighted by molar-refractivity contribution is 7.89. The fraction of sp³-hybridized carbons (Fsp3) is 0.350. The predicted molar refractivity (Wildman–Crippen MR) is 109 cm³/mol. The maximum absolute atomic E-state index is 12.6. The summed E-state index contributed by atoms with van der Waals surface area (Å²) >= 11 is 5.86. The van der Waals surface area contributed by atoms with E-state index in [1.807, 2.05) is 6.92 Å². The molecule has 2 aromatic rings. The molecule has 2 aromatic carbocycles. The number of hydrogen-bond acceptors (Lipinski definition) is 4. The molecule has 1 heterocycles. The highest BCUT2D eigenvalue weighted by Gasteiger charge is 2.27. The Labute approximate surface area is 170 Å². The normalized spacial score (nSPS) is 15.9. The van der Waals surface area contributed by atoms with Crippen molar-refractivity contribution in [1.82, 2.24) is 4.31 Å². The molecule has 0 bridgehead atoms. The third kappa shape index (κ3) is 4.84. The third-order valence-corrected chi connectivity index (χ3v) is 6.74. The van der Waals surface area contributed by atoms with Crippen LogP contribution in [0.1, 0.15) is 26.2 Å². The number of amides is 1. The van der Waals surface area contributed by atoms with Crippen molar-refractivity contribution in [1.29, 1.82) is 0 Å². The highest BCUT2D eigenvalue weighted by Crippen LogP contribution is 2.23. The van der Waals surface area contributed by atoms with E-state index in [0.717, 1.165) is 12.8 Å². The quantitative estimate of drug-likeness (QED) is 0.733. The van der Waals surface area contributed by atoms with Crippen LogP contribution in [0.2, 0.25) is 5.02 Å². The number of ether oxygens (including phenoxy) is 1. The molecule has 3 rings (SSSR count). The Bertz CT molecular complexity index is 908. The van der Waals surface area contributed by atoms with Gasteiger partial charge in [0.2, 0.25) is 10.0 Å². The number of rotatable bonds is 7. The monoisotopic (exact) mass is 422 g/mol. The molecular weight excluding hydrogens is 400 g/mol. The number of carbonyl (C=O) groups excluding carboxylic acids is 1. The van der Waals surface area contributed by atoms with E-state index in [4.69, 9.17) is 16.3 Å². The topological polar surface area (TPSA) is 75.7 Å². The van der Waals surface area contributed by atoms with Crippen LogP contribution in [-0.4, -0.2) is 37.8 Å². The summed E-state index contributed by atoms with van der Waals surface area (Å²) in [5, 5.41) is 3.37. The zero-order chi connectivity index (χ0) is 20.1. The molecule has 0 aliphatic carbocycles. The number of halogens is 1. The van der Waals surface area contributed by atoms with Gasteiger partial charge >= 0.3 is 0 Å². The second-order valence-corrected chi connectivity index (χ2v) is 8.97. The van der Waals surface area contributed by atoms with E-state index in [1.165, 1.54) is 16.4 Å². The summed E-state index contributed by atoms with van der Waals surface area (Å²) < 4.78 is 32.3.